The van der Waals surface area contributed by atoms with E-state index in [0.717, 1.165) is 24.2 Å². The quantitative estimate of drug-likeness (QED) is 0.777. The lowest BCUT2D eigenvalue weighted by Gasteiger charge is -2.12. The van der Waals surface area contributed by atoms with E-state index in [4.69, 9.17) is 40.2 Å². The molecule has 0 bridgehead atoms. The van der Waals surface area contributed by atoms with Gasteiger partial charge in [-0.3, -0.25) is 5.10 Å². The van der Waals surface area contributed by atoms with Crippen LogP contribution in [0.4, 0.5) is 0 Å². The highest BCUT2D eigenvalue weighted by atomic mass is 35.5. The number of ether oxygens (including phenoxy) is 1. The third-order valence-electron chi connectivity index (χ3n) is 2.92. The second-order valence-corrected chi connectivity index (χ2v) is 5.66. The summed E-state index contributed by atoms with van der Waals surface area (Å²) in [6.07, 6.45) is 1.83. The zero-order chi connectivity index (χ0) is 15.4. The van der Waals surface area contributed by atoms with Gasteiger partial charge in [0.05, 0.1) is 23.7 Å². The van der Waals surface area contributed by atoms with E-state index in [1.165, 1.54) is 7.11 Å². The molecule has 1 heterocycles. The Hall–Kier alpha value is -1.24. The van der Waals surface area contributed by atoms with E-state index in [2.05, 4.69) is 22.5 Å². The summed E-state index contributed by atoms with van der Waals surface area (Å²) in [7, 11) is 1.53. The largest absolute Gasteiger partial charge is 0.494 e. The first kappa shape index (κ1) is 16.1. The van der Waals surface area contributed by atoms with Crippen LogP contribution in [0, 0.1) is 4.77 Å². The lowest BCUT2D eigenvalue weighted by Crippen LogP contribution is -2.17. The van der Waals surface area contributed by atoms with E-state index >= 15 is 0 Å². The van der Waals surface area contributed by atoms with Crippen LogP contribution in [0.2, 0.25) is 10.0 Å². The Morgan fingerprint density at radius 2 is 2.05 bits per heavy atom. The standard InChI is InChI=1S/C13H16Cl2N4OS/c1-3-4-11-17-18-13(21)19(11)16-7-8-5-9(14)12(20-2)10(15)6-8/h5-6,16H,3-4,7H2,1-2H3,(H,18,21). The molecule has 1 aromatic carbocycles. The van der Waals surface area contributed by atoms with Crippen LogP contribution >= 0.6 is 35.4 Å². The van der Waals surface area contributed by atoms with Gasteiger partial charge in [0.15, 0.2) is 11.6 Å². The van der Waals surface area contributed by atoms with E-state index in [0.29, 0.717) is 27.1 Å². The number of rotatable bonds is 6. The normalized spacial score (nSPS) is 10.7. The predicted molar refractivity (Wildman–Crippen MR) is 87.5 cm³/mol. The minimum atomic E-state index is 0.478. The number of benzene rings is 1. The van der Waals surface area contributed by atoms with Gasteiger partial charge in [0.25, 0.3) is 0 Å². The Labute approximate surface area is 138 Å². The zero-order valence-electron chi connectivity index (χ0n) is 11.7. The highest BCUT2D eigenvalue weighted by molar-refractivity contribution is 7.71. The maximum absolute atomic E-state index is 6.12. The van der Waals surface area contributed by atoms with Crippen LogP contribution in [0.5, 0.6) is 5.75 Å². The summed E-state index contributed by atoms with van der Waals surface area (Å²) in [5.74, 6) is 1.35. The smallest absolute Gasteiger partial charge is 0.214 e. The lowest BCUT2D eigenvalue weighted by molar-refractivity contribution is 0.415. The molecule has 2 aromatic rings. The highest BCUT2D eigenvalue weighted by Crippen LogP contribution is 2.33. The molecule has 21 heavy (non-hydrogen) atoms. The third kappa shape index (κ3) is 3.70. The molecule has 0 saturated carbocycles. The molecule has 114 valence electrons. The van der Waals surface area contributed by atoms with Gasteiger partial charge in [-0.05, 0) is 36.3 Å². The SMILES string of the molecule is CCCc1n[nH]c(=S)n1NCc1cc(Cl)c(OC)c(Cl)c1. The zero-order valence-corrected chi connectivity index (χ0v) is 14.1. The number of aromatic nitrogens is 3. The average Bonchev–Trinajstić information content (AvgIpc) is 2.77. The number of aromatic amines is 1. The van der Waals surface area contributed by atoms with Gasteiger partial charge in [0.2, 0.25) is 4.77 Å². The fraction of sp³-hybridized carbons (Fsp3) is 0.385. The lowest BCUT2D eigenvalue weighted by atomic mass is 10.2. The molecule has 0 spiro atoms. The molecule has 1 aromatic heterocycles. The van der Waals surface area contributed by atoms with Crippen molar-refractivity contribution >= 4 is 35.4 Å². The van der Waals surface area contributed by atoms with Crippen molar-refractivity contribution in [2.24, 2.45) is 0 Å². The molecule has 0 saturated heterocycles. The molecular formula is C13H16Cl2N4OS. The maximum Gasteiger partial charge on any atom is 0.214 e. The van der Waals surface area contributed by atoms with E-state index in [9.17, 15) is 0 Å². The molecule has 2 N–H and O–H groups in total. The van der Waals surface area contributed by atoms with Crippen LogP contribution in [0.3, 0.4) is 0 Å². The summed E-state index contributed by atoms with van der Waals surface area (Å²) >= 11 is 17.5. The number of methoxy groups -OCH3 is 1. The van der Waals surface area contributed by atoms with Crippen molar-refractivity contribution in [3.05, 3.63) is 38.3 Å². The predicted octanol–water partition coefficient (Wildman–Crippen LogP) is 3.95. The second-order valence-electron chi connectivity index (χ2n) is 4.46. The Morgan fingerprint density at radius 3 is 2.62 bits per heavy atom. The van der Waals surface area contributed by atoms with Crippen molar-refractivity contribution in [1.82, 2.24) is 14.9 Å². The van der Waals surface area contributed by atoms with Crippen molar-refractivity contribution in [1.29, 1.82) is 0 Å². The number of hydrogen-bond acceptors (Lipinski definition) is 4. The van der Waals surface area contributed by atoms with Gasteiger partial charge in [-0.15, -0.1) is 0 Å². The molecule has 0 radical (unpaired) electrons. The van der Waals surface area contributed by atoms with Crippen LogP contribution in [0.25, 0.3) is 0 Å². The summed E-state index contributed by atoms with van der Waals surface area (Å²) in [5, 5.41) is 7.93. The highest BCUT2D eigenvalue weighted by Gasteiger charge is 2.09. The maximum atomic E-state index is 6.12. The Kier molecular flexibility index (Phi) is 5.50. The Bertz CT molecular complexity index is 660. The monoisotopic (exact) mass is 346 g/mol. The minimum Gasteiger partial charge on any atom is -0.494 e. The van der Waals surface area contributed by atoms with E-state index < -0.39 is 0 Å². The molecule has 0 amide bonds. The first-order valence-electron chi connectivity index (χ1n) is 6.48. The van der Waals surface area contributed by atoms with E-state index in [1.807, 2.05) is 12.1 Å². The van der Waals surface area contributed by atoms with Crippen molar-refractivity contribution in [2.75, 3.05) is 12.5 Å². The van der Waals surface area contributed by atoms with Gasteiger partial charge >= 0.3 is 0 Å². The van der Waals surface area contributed by atoms with Gasteiger partial charge in [-0.1, -0.05) is 30.1 Å². The molecule has 5 nitrogen and oxygen atoms in total. The number of nitrogens with zero attached hydrogens (tertiary/aromatic N) is 2. The van der Waals surface area contributed by atoms with Crippen molar-refractivity contribution in [2.45, 2.75) is 26.3 Å². The molecule has 0 aliphatic carbocycles. The fourth-order valence-corrected chi connectivity index (χ4v) is 2.87. The number of hydrogen-bond donors (Lipinski definition) is 2. The molecule has 0 fully saturated rings. The van der Waals surface area contributed by atoms with Gasteiger partial charge in [0, 0.05) is 6.42 Å². The van der Waals surface area contributed by atoms with E-state index in [-0.39, 0.29) is 0 Å². The van der Waals surface area contributed by atoms with Crippen LogP contribution in [0.15, 0.2) is 12.1 Å². The van der Waals surface area contributed by atoms with Crippen LogP contribution in [-0.2, 0) is 13.0 Å². The molecular weight excluding hydrogens is 331 g/mol. The topological polar surface area (TPSA) is 54.9 Å². The number of nitrogens with one attached hydrogen (secondary N) is 2. The first-order valence-corrected chi connectivity index (χ1v) is 7.65. The van der Waals surface area contributed by atoms with Gasteiger partial charge in [0.1, 0.15) is 0 Å². The number of H-pyrrole nitrogens is 1. The summed E-state index contributed by atoms with van der Waals surface area (Å²) in [6.45, 7) is 2.61. The van der Waals surface area contributed by atoms with Crippen molar-refractivity contribution in [3.8, 4) is 5.75 Å². The summed E-state index contributed by atoms with van der Waals surface area (Å²) in [6, 6.07) is 3.62. The van der Waals surface area contributed by atoms with E-state index in [1.54, 1.807) is 4.68 Å². The number of aryl methyl sites for hydroxylation is 1. The molecule has 0 unspecified atom stereocenters. The summed E-state index contributed by atoms with van der Waals surface area (Å²) < 4.78 is 7.43. The van der Waals surface area contributed by atoms with Gasteiger partial charge in [-0.25, -0.2) is 4.68 Å². The Balaban J connectivity index is 2.17. The number of halogens is 2. The summed E-state index contributed by atoms with van der Waals surface area (Å²) in [5.41, 5.74) is 4.14. The fourth-order valence-electron chi connectivity index (χ4n) is 1.96. The summed E-state index contributed by atoms with van der Waals surface area (Å²) in [4.78, 5) is 0. The first-order chi connectivity index (χ1) is 10.1. The average molecular weight is 347 g/mol. The van der Waals surface area contributed by atoms with Crippen LogP contribution < -0.4 is 10.2 Å². The van der Waals surface area contributed by atoms with Crippen LogP contribution in [-0.4, -0.2) is 22.0 Å². The Morgan fingerprint density at radius 1 is 1.38 bits per heavy atom. The molecule has 0 aliphatic rings. The van der Waals surface area contributed by atoms with Gasteiger partial charge < -0.3 is 10.2 Å². The van der Waals surface area contributed by atoms with Crippen molar-refractivity contribution in [3.63, 3.8) is 0 Å². The minimum absolute atomic E-state index is 0.478. The van der Waals surface area contributed by atoms with Crippen molar-refractivity contribution < 1.29 is 4.74 Å². The van der Waals surface area contributed by atoms with Gasteiger partial charge in [-0.2, -0.15) is 5.10 Å². The second kappa shape index (κ2) is 7.15. The molecule has 8 heteroatoms. The third-order valence-corrected chi connectivity index (χ3v) is 3.75. The van der Waals surface area contributed by atoms with Crippen LogP contribution in [0.1, 0.15) is 24.7 Å². The molecule has 0 atom stereocenters. The molecule has 0 aliphatic heterocycles. The molecule has 2 rings (SSSR count).